The summed E-state index contributed by atoms with van der Waals surface area (Å²) in [6.45, 7) is 6.28. The van der Waals surface area contributed by atoms with Crippen LogP contribution < -0.4 is 10.6 Å². The summed E-state index contributed by atoms with van der Waals surface area (Å²) in [5.41, 5.74) is 6.54. The number of aromatic nitrogens is 1. The van der Waals surface area contributed by atoms with Gasteiger partial charge >= 0.3 is 0 Å². The van der Waals surface area contributed by atoms with E-state index in [1.165, 1.54) is 0 Å². The average Bonchev–Trinajstić information content (AvgIpc) is 2.47. The molecule has 1 aromatic heterocycles. The van der Waals surface area contributed by atoms with E-state index >= 15 is 0 Å². The molecule has 1 aliphatic heterocycles. The van der Waals surface area contributed by atoms with Gasteiger partial charge in [-0.05, 0) is 25.5 Å². The summed E-state index contributed by atoms with van der Waals surface area (Å²) >= 11 is 0. The molecule has 20 heavy (non-hydrogen) atoms. The monoisotopic (exact) mass is 298 g/mol. The zero-order valence-corrected chi connectivity index (χ0v) is 12.8. The van der Waals surface area contributed by atoms with Gasteiger partial charge in [-0.25, -0.2) is 13.4 Å². The number of sulfonamides is 1. The molecule has 2 rings (SSSR count). The molecule has 0 bridgehead atoms. The molecule has 1 fully saturated rings. The topological polar surface area (TPSA) is 79.5 Å². The van der Waals surface area contributed by atoms with Gasteiger partial charge in [-0.15, -0.1) is 0 Å². The highest BCUT2D eigenvalue weighted by Gasteiger charge is 2.29. The van der Waals surface area contributed by atoms with Gasteiger partial charge in [0, 0.05) is 38.9 Å². The second kappa shape index (κ2) is 6.07. The molecular formula is C13H22N4O2S. The lowest BCUT2D eigenvalue weighted by atomic mass is 10.2. The summed E-state index contributed by atoms with van der Waals surface area (Å²) in [4.78, 5) is 6.48. The molecule has 2 N–H and O–H groups in total. The van der Waals surface area contributed by atoms with Crippen LogP contribution in [-0.2, 0) is 16.6 Å². The Morgan fingerprint density at radius 3 is 2.35 bits per heavy atom. The van der Waals surface area contributed by atoms with Crippen LogP contribution in [0.4, 0.5) is 5.82 Å². The van der Waals surface area contributed by atoms with Crippen molar-refractivity contribution in [3.05, 3.63) is 23.9 Å². The predicted molar refractivity (Wildman–Crippen MR) is 80.0 cm³/mol. The molecular weight excluding hydrogens is 276 g/mol. The van der Waals surface area contributed by atoms with Crippen LogP contribution in [0.3, 0.4) is 0 Å². The normalized spacial score (nSPS) is 17.7. The van der Waals surface area contributed by atoms with E-state index in [9.17, 15) is 8.42 Å². The van der Waals surface area contributed by atoms with E-state index in [2.05, 4.69) is 9.88 Å². The minimum absolute atomic E-state index is 0.365. The lowest BCUT2D eigenvalue weighted by Crippen LogP contribution is -2.50. The molecule has 0 spiro atoms. The first-order valence-corrected chi connectivity index (χ1v) is 8.34. The van der Waals surface area contributed by atoms with E-state index in [1.54, 1.807) is 24.3 Å². The summed E-state index contributed by atoms with van der Waals surface area (Å²) < 4.78 is 25.8. The first kappa shape index (κ1) is 15.2. The molecule has 6 nitrogen and oxygen atoms in total. The Morgan fingerprint density at radius 1 is 1.25 bits per heavy atom. The summed E-state index contributed by atoms with van der Waals surface area (Å²) in [6.07, 6.45) is 1.77. The van der Waals surface area contributed by atoms with Crippen LogP contribution in [0, 0.1) is 0 Å². The van der Waals surface area contributed by atoms with Crippen molar-refractivity contribution in [2.75, 3.05) is 31.1 Å². The van der Waals surface area contributed by atoms with Crippen molar-refractivity contribution >= 4 is 15.8 Å². The van der Waals surface area contributed by atoms with Crippen molar-refractivity contribution in [2.45, 2.75) is 25.6 Å². The molecule has 2 heterocycles. The number of nitrogens with two attached hydrogens (primary N) is 1. The molecule has 1 saturated heterocycles. The lowest BCUT2D eigenvalue weighted by Gasteiger charge is -2.35. The molecule has 0 aliphatic carbocycles. The summed E-state index contributed by atoms with van der Waals surface area (Å²) in [5.74, 6) is 0.879. The fraction of sp³-hybridized carbons (Fsp3) is 0.615. The third-order valence-electron chi connectivity index (χ3n) is 3.56. The van der Waals surface area contributed by atoms with Crippen molar-refractivity contribution in [3.63, 3.8) is 0 Å². The molecule has 7 heteroatoms. The van der Waals surface area contributed by atoms with E-state index in [0.29, 0.717) is 32.7 Å². The summed E-state index contributed by atoms with van der Waals surface area (Å²) in [7, 11) is -3.15. The van der Waals surface area contributed by atoms with Gasteiger partial charge in [-0.2, -0.15) is 4.31 Å². The van der Waals surface area contributed by atoms with Crippen LogP contribution in [0.5, 0.6) is 0 Å². The van der Waals surface area contributed by atoms with Gasteiger partial charge < -0.3 is 10.6 Å². The molecule has 1 aliphatic rings. The summed E-state index contributed by atoms with van der Waals surface area (Å²) in [6, 6.07) is 3.90. The largest absolute Gasteiger partial charge is 0.354 e. The molecule has 0 unspecified atom stereocenters. The zero-order chi connectivity index (χ0) is 14.8. The first-order valence-electron chi connectivity index (χ1n) is 6.84. The number of pyridine rings is 1. The molecule has 0 atom stereocenters. The molecule has 0 saturated carbocycles. The van der Waals surface area contributed by atoms with Gasteiger partial charge in [0.15, 0.2) is 0 Å². The minimum Gasteiger partial charge on any atom is -0.354 e. The maximum absolute atomic E-state index is 12.1. The first-order chi connectivity index (χ1) is 9.45. The number of piperazine rings is 1. The number of rotatable bonds is 4. The number of anilines is 1. The summed E-state index contributed by atoms with van der Waals surface area (Å²) in [5, 5.41) is -0.365. The lowest BCUT2D eigenvalue weighted by molar-refractivity contribution is 0.380. The highest BCUT2D eigenvalue weighted by atomic mass is 32.2. The van der Waals surface area contributed by atoms with Crippen molar-refractivity contribution < 1.29 is 8.42 Å². The van der Waals surface area contributed by atoms with Crippen LogP contribution in [0.15, 0.2) is 18.3 Å². The van der Waals surface area contributed by atoms with Gasteiger partial charge in [0.2, 0.25) is 10.0 Å². The van der Waals surface area contributed by atoms with Crippen LogP contribution in [0.25, 0.3) is 0 Å². The number of hydrogen-bond acceptors (Lipinski definition) is 5. The van der Waals surface area contributed by atoms with Crippen molar-refractivity contribution in [1.82, 2.24) is 9.29 Å². The van der Waals surface area contributed by atoms with E-state index < -0.39 is 10.0 Å². The second-order valence-corrected chi connectivity index (χ2v) is 7.70. The quantitative estimate of drug-likeness (QED) is 0.870. The molecule has 0 radical (unpaired) electrons. The Labute approximate surface area is 120 Å². The van der Waals surface area contributed by atoms with Crippen LogP contribution in [0.2, 0.25) is 0 Å². The van der Waals surface area contributed by atoms with Gasteiger partial charge in [-0.3, -0.25) is 0 Å². The Kier molecular flexibility index (Phi) is 4.62. The number of hydrogen-bond donors (Lipinski definition) is 1. The Bertz CT molecular complexity index is 534. The third kappa shape index (κ3) is 3.11. The molecule has 0 aromatic carbocycles. The number of nitrogens with zero attached hydrogens (tertiary/aromatic N) is 3. The van der Waals surface area contributed by atoms with Gasteiger partial charge in [-0.1, -0.05) is 6.07 Å². The van der Waals surface area contributed by atoms with E-state index in [4.69, 9.17) is 5.73 Å². The highest BCUT2D eigenvalue weighted by molar-refractivity contribution is 7.89. The highest BCUT2D eigenvalue weighted by Crippen LogP contribution is 2.17. The maximum atomic E-state index is 12.1. The fourth-order valence-corrected chi connectivity index (χ4v) is 3.46. The molecule has 1 aromatic rings. The third-order valence-corrected chi connectivity index (χ3v) is 5.84. The Balaban J connectivity index is 2.00. The molecule has 0 amide bonds. The van der Waals surface area contributed by atoms with Crippen molar-refractivity contribution in [1.29, 1.82) is 0 Å². The van der Waals surface area contributed by atoms with E-state index in [0.717, 1.165) is 11.4 Å². The van der Waals surface area contributed by atoms with Gasteiger partial charge in [0.1, 0.15) is 5.82 Å². The SMILES string of the molecule is CC(C)S(=O)(=O)N1CCN(c2ccc(CN)cn2)CC1. The predicted octanol–water partition coefficient (Wildman–Crippen LogP) is 0.401. The van der Waals surface area contributed by atoms with Crippen LogP contribution in [0.1, 0.15) is 19.4 Å². The van der Waals surface area contributed by atoms with E-state index in [1.807, 2.05) is 12.1 Å². The minimum atomic E-state index is -3.15. The van der Waals surface area contributed by atoms with Crippen molar-refractivity contribution in [2.24, 2.45) is 5.73 Å². The van der Waals surface area contributed by atoms with E-state index in [-0.39, 0.29) is 5.25 Å². The zero-order valence-electron chi connectivity index (χ0n) is 12.0. The Hall–Kier alpha value is -1.18. The van der Waals surface area contributed by atoms with Crippen LogP contribution >= 0.6 is 0 Å². The van der Waals surface area contributed by atoms with Gasteiger partial charge in [0.05, 0.1) is 5.25 Å². The smallest absolute Gasteiger partial charge is 0.216 e. The maximum Gasteiger partial charge on any atom is 0.216 e. The second-order valence-electron chi connectivity index (χ2n) is 5.21. The van der Waals surface area contributed by atoms with Gasteiger partial charge in [0.25, 0.3) is 0 Å². The van der Waals surface area contributed by atoms with Crippen LogP contribution in [-0.4, -0.2) is 49.1 Å². The van der Waals surface area contributed by atoms with Crippen molar-refractivity contribution in [3.8, 4) is 0 Å². The average molecular weight is 298 g/mol. The standard InChI is InChI=1S/C13H22N4O2S/c1-11(2)20(18,19)17-7-5-16(6-8-17)13-4-3-12(9-14)10-15-13/h3-4,10-11H,5-9,14H2,1-2H3. The molecule has 112 valence electrons. The fourth-order valence-electron chi connectivity index (χ4n) is 2.19. The Morgan fingerprint density at radius 2 is 1.90 bits per heavy atom.